The second kappa shape index (κ2) is 8.35. The van der Waals surface area contributed by atoms with E-state index in [2.05, 4.69) is 15.7 Å². The van der Waals surface area contributed by atoms with Gasteiger partial charge in [0.2, 0.25) is 0 Å². The fourth-order valence-corrected chi connectivity index (χ4v) is 2.73. The molecule has 0 bridgehead atoms. The first-order valence-electron chi connectivity index (χ1n) is 7.85. The zero-order valence-corrected chi connectivity index (χ0v) is 13.6. The highest BCUT2D eigenvalue weighted by atomic mass is 16.6. The smallest absolute Gasteiger partial charge is 0.497 e. The lowest BCUT2D eigenvalue weighted by molar-refractivity contribution is 0.137. The van der Waals surface area contributed by atoms with Crippen LogP contribution in [0.15, 0.2) is 36.8 Å². The molecule has 24 heavy (non-hydrogen) atoms. The second-order valence-corrected chi connectivity index (χ2v) is 5.72. The van der Waals surface area contributed by atoms with Gasteiger partial charge in [0.1, 0.15) is 5.75 Å². The number of carboxylic acid groups (broad SMARTS) is 2. The summed E-state index contributed by atoms with van der Waals surface area (Å²) in [5.74, 6) is 2.30. The van der Waals surface area contributed by atoms with Crippen molar-refractivity contribution >= 4 is 6.16 Å². The largest absolute Gasteiger partial charge is 0.503 e. The van der Waals surface area contributed by atoms with Crippen molar-refractivity contribution in [1.29, 1.82) is 0 Å². The molecule has 0 radical (unpaired) electrons. The molecule has 2 unspecified atom stereocenters. The Labute approximate surface area is 140 Å². The number of rotatable bonds is 6. The number of benzene rings is 1. The molecule has 4 N–H and O–H groups in total. The van der Waals surface area contributed by atoms with Crippen molar-refractivity contribution in [1.82, 2.24) is 9.55 Å². The van der Waals surface area contributed by atoms with Gasteiger partial charge in [0, 0.05) is 17.8 Å². The Bertz CT molecular complexity index is 650. The molecule has 1 aromatic carbocycles. The molecule has 0 amide bonds. The van der Waals surface area contributed by atoms with E-state index in [0.717, 1.165) is 30.3 Å². The van der Waals surface area contributed by atoms with Crippen LogP contribution in [0.4, 0.5) is 4.79 Å². The van der Waals surface area contributed by atoms with E-state index in [-0.39, 0.29) is 0 Å². The fourth-order valence-electron chi connectivity index (χ4n) is 2.73. The maximum absolute atomic E-state index is 8.56. The van der Waals surface area contributed by atoms with E-state index in [9.17, 15) is 0 Å². The number of nitrogens with zero attached hydrogens (tertiary/aromatic N) is 2. The van der Waals surface area contributed by atoms with Gasteiger partial charge in [0.05, 0.1) is 19.1 Å². The van der Waals surface area contributed by atoms with Crippen LogP contribution in [0.1, 0.15) is 30.9 Å². The predicted octanol–water partition coefficient (Wildman–Crippen LogP) is 2.95. The van der Waals surface area contributed by atoms with E-state index in [1.54, 1.807) is 7.11 Å². The van der Waals surface area contributed by atoms with Gasteiger partial charge in [-0.1, -0.05) is 0 Å². The Hall–Kier alpha value is -2.54. The molecule has 0 aliphatic heterocycles. The quantitative estimate of drug-likeness (QED) is 0.749. The Balaban J connectivity index is 0.000000471. The molecule has 0 spiro atoms. The Morgan fingerprint density at radius 3 is 2.62 bits per heavy atom. The summed E-state index contributed by atoms with van der Waals surface area (Å²) in [6, 6.07) is 8.03. The summed E-state index contributed by atoms with van der Waals surface area (Å²) >= 11 is 0. The summed E-state index contributed by atoms with van der Waals surface area (Å²) in [4.78, 5) is 13.1. The zero-order chi connectivity index (χ0) is 17.5. The van der Waals surface area contributed by atoms with Crippen LogP contribution in [-0.2, 0) is 0 Å². The van der Waals surface area contributed by atoms with Crippen LogP contribution >= 0.6 is 0 Å². The van der Waals surface area contributed by atoms with Crippen LogP contribution in [0.3, 0.4) is 0 Å². The molecule has 1 heterocycles. The van der Waals surface area contributed by atoms with Gasteiger partial charge in [-0.25, -0.2) is 9.78 Å². The van der Waals surface area contributed by atoms with Crippen molar-refractivity contribution in [2.45, 2.75) is 25.2 Å². The Kier molecular flexibility index (Phi) is 6.20. The highest BCUT2D eigenvalue weighted by Crippen LogP contribution is 2.49. The monoisotopic (exact) mass is 333 g/mol. The number of carbonyl (C=O) groups is 1. The molecule has 7 nitrogen and oxygen atoms in total. The zero-order valence-electron chi connectivity index (χ0n) is 13.6. The van der Waals surface area contributed by atoms with Crippen molar-refractivity contribution in [3.8, 4) is 11.4 Å². The van der Waals surface area contributed by atoms with Crippen LogP contribution in [0.5, 0.6) is 5.75 Å². The second-order valence-electron chi connectivity index (χ2n) is 5.72. The van der Waals surface area contributed by atoms with Crippen LogP contribution in [0, 0.1) is 5.92 Å². The number of imidazole rings is 1. The minimum absolute atomic E-state index is 0.640. The summed E-state index contributed by atoms with van der Waals surface area (Å²) in [6.45, 7) is 0.795. The van der Waals surface area contributed by atoms with Gasteiger partial charge < -0.3 is 25.3 Å². The lowest BCUT2D eigenvalue weighted by Crippen LogP contribution is -1.98. The molecule has 2 aromatic rings. The first-order chi connectivity index (χ1) is 11.5. The highest BCUT2D eigenvalue weighted by molar-refractivity contribution is 5.53. The van der Waals surface area contributed by atoms with Gasteiger partial charge in [-0.2, -0.15) is 0 Å². The number of methoxy groups -OCH3 is 1. The number of aromatic nitrogens is 2. The van der Waals surface area contributed by atoms with E-state index in [1.165, 1.54) is 18.5 Å². The third-order valence-corrected chi connectivity index (χ3v) is 4.05. The van der Waals surface area contributed by atoms with E-state index in [1.807, 2.05) is 30.6 Å². The predicted molar refractivity (Wildman–Crippen MR) is 89.9 cm³/mol. The molecule has 7 heteroatoms. The summed E-state index contributed by atoms with van der Waals surface area (Å²) in [7, 11) is 1.68. The van der Waals surface area contributed by atoms with Crippen LogP contribution in [0.25, 0.3) is 5.69 Å². The Morgan fingerprint density at radius 1 is 1.38 bits per heavy atom. The molecule has 3 rings (SSSR count). The van der Waals surface area contributed by atoms with E-state index in [4.69, 9.17) is 25.5 Å². The molecule has 1 saturated carbocycles. The first-order valence-corrected chi connectivity index (χ1v) is 7.85. The minimum Gasteiger partial charge on any atom is -0.497 e. The summed E-state index contributed by atoms with van der Waals surface area (Å²) < 4.78 is 7.25. The van der Waals surface area contributed by atoms with Gasteiger partial charge in [-0.3, -0.25) is 0 Å². The fraction of sp³-hybridized carbons (Fsp3) is 0.412. The number of ether oxygens (including phenoxy) is 1. The lowest BCUT2D eigenvalue weighted by Gasteiger charge is -2.03. The maximum Gasteiger partial charge on any atom is 0.503 e. The van der Waals surface area contributed by atoms with Gasteiger partial charge >= 0.3 is 6.16 Å². The molecule has 130 valence electrons. The minimum atomic E-state index is -1.83. The number of nitrogens with two attached hydrogens (primary N) is 1. The first kappa shape index (κ1) is 17.8. The normalized spacial score (nSPS) is 18.4. The molecule has 2 atom stereocenters. The van der Waals surface area contributed by atoms with Gasteiger partial charge in [0.25, 0.3) is 0 Å². The molecule has 1 aliphatic carbocycles. The van der Waals surface area contributed by atoms with Crippen LogP contribution in [-0.4, -0.2) is 39.6 Å². The number of hydrogen-bond acceptors (Lipinski definition) is 4. The molecule has 0 saturated heterocycles. The van der Waals surface area contributed by atoms with Crippen molar-refractivity contribution in [2.24, 2.45) is 11.7 Å². The molecular formula is C17H23N3O4. The molecular weight excluding hydrogens is 310 g/mol. The van der Waals surface area contributed by atoms with E-state index < -0.39 is 6.16 Å². The van der Waals surface area contributed by atoms with Crippen LogP contribution < -0.4 is 10.5 Å². The van der Waals surface area contributed by atoms with Gasteiger partial charge in [-0.05, 0) is 56.0 Å². The van der Waals surface area contributed by atoms with Gasteiger partial charge in [-0.15, -0.1) is 0 Å². The molecule has 1 fully saturated rings. The van der Waals surface area contributed by atoms with E-state index >= 15 is 0 Å². The molecule has 1 aliphatic rings. The Morgan fingerprint density at radius 2 is 2.04 bits per heavy atom. The lowest BCUT2D eigenvalue weighted by atomic mass is 10.1. The standard InChI is InChI=1S/C16H21N3O.CH2O3/c1-20-14-6-4-13(5-7-14)19-10-16(18-11-19)15-9-12(15)3-2-8-17;2-1(3)4/h4-7,10-12,15H,2-3,8-9,17H2,1H3;(H2,2,3,4). The summed E-state index contributed by atoms with van der Waals surface area (Å²) in [6.07, 6.45) is 5.83. The highest BCUT2D eigenvalue weighted by Gasteiger charge is 2.38. The van der Waals surface area contributed by atoms with Crippen molar-refractivity contribution in [2.75, 3.05) is 13.7 Å². The van der Waals surface area contributed by atoms with Gasteiger partial charge in [0.15, 0.2) is 0 Å². The van der Waals surface area contributed by atoms with Crippen LogP contribution in [0.2, 0.25) is 0 Å². The average Bonchev–Trinajstić information content (AvgIpc) is 3.17. The summed E-state index contributed by atoms with van der Waals surface area (Å²) in [5.41, 5.74) is 7.89. The van der Waals surface area contributed by atoms with Crippen molar-refractivity contribution < 1.29 is 19.7 Å². The topological polar surface area (TPSA) is 111 Å². The SMILES string of the molecule is COc1ccc(-n2cnc(C3CC3CCCN)c2)cc1.O=C(O)O. The third-order valence-electron chi connectivity index (χ3n) is 4.05. The maximum atomic E-state index is 8.56. The summed E-state index contributed by atoms with van der Waals surface area (Å²) in [5, 5.41) is 13.9. The average molecular weight is 333 g/mol. The molecule has 1 aromatic heterocycles. The van der Waals surface area contributed by atoms with Crippen molar-refractivity contribution in [3.63, 3.8) is 0 Å². The van der Waals surface area contributed by atoms with E-state index in [0.29, 0.717) is 5.92 Å². The third kappa shape index (κ3) is 4.99. The van der Waals surface area contributed by atoms with Crippen molar-refractivity contribution in [3.05, 3.63) is 42.5 Å². The number of hydrogen-bond donors (Lipinski definition) is 3.